The molecule has 29 heavy (non-hydrogen) atoms. The van der Waals surface area contributed by atoms with Gasteiger partial charge in [-0.25, -0.2) is 4.39 Å². The molecule has 0 aliphatic heterocycles. The van der Waals surface area contributed by atoms with Gasteiger partial charge in [0.05, 0.1) is 4.92 Å². The summed E-state index contributed by atoms with van der Waals surface area (Å²) in [6.45, 7) is 5.75. The molecule has 3 aromatic rings. The van der Waals surface area contributed by atoms with Crippen molar-refractivity contribution in [2.75, 3.05) is 0 Å². The van der Waals surface area contributed by atoms with Crippen LogP contribution in [0.4, 0.5) is 10.1 Å². The van der Waals surface area contributed by atoms with Gasteiger partial charge in [-0.15, -0.1) is 10.2 Å². The van der Waals surface area contributed by atoms with Gasteiger partial charge in [-0.1, -0.05) is 42.1 Å². The van der Waals surface area contributed by atoms with E-state index in [0.29, 0.717) is 22.3 Å². The quantitative estimate of drug-likeness (QED) is 0.280. The van der Waals surface area contributed by atoms with Crippen molar-refractivity contribution in [3.8, 4) is 5.75 Å². The first-order valence-corrected chi connectivity index (χ1v) is 10.1. The molecule has 0 radical (unpaired) electrons. The topological polar surface area (TPSA) is 83.1 Å². The number of hydrogen-bond acceptors (Lipinski definition) is 6. The number of thioether (sulfide) groups is 1. The summed E-state index contributed by atoms with van der Waals surface area (Å²) >= 11 is 1.36. The second-order valence-electron chi connectivity index (χ2n) is 6.67. The third kappa shape index (κ3) is 4.73. The van der Waals surface area contributed by atoms with E-state index in [9.17, 15) is 14.5 Å². The molecule has 1 heterocycles. The van der Waals surface area contributed by atoms with Crippen molar-refractivity contribution in [2.45, 2.75) is 43.8 Å². The molecule has 0 aliphatic rings. The molecule has 7 nitrogen and oxygen atoms in total. The second kappa shape index (κ2) is 9.04. The van der Waals surface area contributed by atoms with Gasteiger partial charge in [0.15, 0.2) is 28.7 Å². The summed E-state index contributed by atoms with van der Waals surface area (Å²) in [6.07, 6.45) is -0.526. The number of nitro benzene ring substituents is 1. The third-order valence-corrected chi connectivity index (χ3v) is 5.25. The summed E-state index contributed by atoms with van der Waals surface area (Å²) in [5, 5.41) is 20.3. The van der Waals surface area contributed by atoms with E-state index < -0.39 is 16.8 Å². The van der Waals surface area contributed by atoms with Crippen LogP contribution in [0, 0.1) is 15.9 Å². The minimum atomic E-state index is -0.526. The van der Waals surface area contributed by atoms with Gasteiger partial charge in [0.2, 0.25) is 0 Å². The number of rotatable bonds is 8. The molecule has 9 heteroatoms. The average molecular weight is 416 g/mol. The summed E-state index contributed by atoms with van der Waals surface area (Å²) in [4.78, 5) is 10.8. The van der Waals surface area contributed by atoms with Crippen LogP contribution in [0.1, 0.15) is 44.3 Å². The van der Waals surface area contributed by atoms with Crippen LogP contribution >= 0.6 is 11.8 Å². The fraction of sp³-hybridized carbons (Fsp3) is 0.300. The van der Waals surface area contributed by atoms with E-state index in [1.54, 1.807) is 43.3 Å². The van der Waals surface area contributed by atoms with Crippen LogP contribution in [-0.2, 0) is 5.75 Å². The first kappa shape index (κ1) is 20.8. The number of ether oxygens (including phenoxy) is 1. The maximum absolute atomic E-state index is 13.9. The number of aromatic nitrogens is 3. The molecule has 0 N–H and O–H groups in total. The third-order valence-electron chi connectivity index (χ3n) is 4.26. The van der Waals surface area contributed by atoms with E-state index in [2.05, 4.69) is 10.2 Å². The standard InChI is InChI=1S/C20H21FN4O3S/c1-13(2)24-19(14(3)28-18-11-7-5-9-16(18)21)22-23-20(24)29-12-15-8-4-6-10-17(15)25(26)27/h4-11,13-14H,12H2,1-3H3. The zero-order valence-electron chi connectivity index (χ0n) is 16.3. The maximum Gasteiger partial charge on any atom is 0.273 e. The Kier molecular flexibility index (Phi) is 6.48. The van der Waals surface area contributed by atoms with E-state index in [0.717, 1.165) is 0 Å². The Morgan fingerprint density at radius 1 is 1.14 bits per heavy atom. The Morgan fingerprint density at radius 2 is 1.83 bits per heavy atom. The smallest absolute Gasteiger partial charge is 0.273 e. The van der Waals surface area contributed by atoms with E-state index in [1.807, 2.05) is 18.4 Å². The van der Waals surface area contributed by atoms with Gasteiger partial charge in [-0.2, -0.15) is 0 Å². The van der Waals surface area contributed by atoms with Crippen molar-refractivity contribution < 1.29 is 14.1 Å². The molecule has 0 spiro atoms. The van der Waals surface area contributed by atoms with Gasteiger partial charge in [0.25, 0.3) is 5.69 Å². The minimum absolute atomic E-state index is 0.0277. The number of halogens is 1. The number of benzene rings is 2. The average Bonchev–Trinajstić information content (AvgIpc) is 3.12. The Morgan fingerprint density at radius 3 is 2.52 bits per heavy atom. The van der Waals surface area contributed by atoms with Crippen molar-refractivity contribution >= 4 is 17.4 Å². The lowest BCUT2D eigenvalue weighted by Gasteiger charge is -2.19. The summed E-state index contributed by atoms with van der Waals surface area (Å²) in [6, 6.07) is 12.8. The Balaban J connectivity index is 1.82. The molecular weight excluding hydrogens is 395 g/mol. The van der Waals surface area contributed by atoms with E-state index in [-0.39, 0.29) is 17.5 Å². The molecule has 1 aromatic heterocycles. The minimum Gasteiger partial charge on any atom is -0.480 e. The van der Waals surface area contributed by atoms with Crippen LogP contribution in [-0.4, -0.2) is 19.7 Å². The molecule has 2 aromatic carbocycles. The van der Waals surface area contributed by atoms with E-state index in [4.69, 9.17) is 4.74 Å². The van der Waals surface area contributed by atoms with Crippen molar-refractivity contribution in [2.24, 2.45) is 0 Å². The highest BCUT2D eigenvalue weighted by Crippen LogP contribution is 2.31. The lowest BCUT2D eigenvalue weighted by Crippen LogP contribution is -2.14. The summed E-state index contributed by atoms with van der Waals surface area (Å²) in [5.41, 5.74) is 0.685. The summed E-state index contributed by atoms with van der Waals surface area (Å²) in [7, 11) is 0. The van der Waals surface area contributed by atoms with Gasteiger partial charge in [-0.05, 0) is 32.9 Å². The van der Waals surface area contributed by atoms with Crippen LogP contribution in [0.2, 0.25) is 0 Å². The van der Waals surface area contributed by atoms with Gasteiger partial charge in [-0.3, -0.25) is 10.1 Å². The number of nitrogens with zero attached hydrogens (tertiary/aromatic N) is 4. The van der Waals surface area contributed by atoms with Crippen molar-refractivity contribution in [1.82, 2.24) is 14.8 Å². The zero-order chi connectivity index (χ0) is 21.0. The Bertz CT molecular complexity index is 1010. The van der Waals surface area contributed by atoms with Gasteiger partial charge in [0, 0.05) is 23.4 Å². The molecule has 1 unspecified atom stereocenters. The van der Waals surface area contributed by atoms with Crippen LogP contribution in [0.3, 0.4) is 0 Å². The van der Waals surface area contributed by atoms with E-state index >= 15 is 0 Å². The summed E-state index contributed by atoms with van der Waals surface area (Å²) < 4.78 is 21.6. The lowest BCUT2D eigenvalue weighted by atomic mass is 10.2. The predicted octanol–water partition coefficient (Wildman–Crippen LogP) is 5.34. The molecule has 0 saturated carbocycles. The molecule has 0 aliphatic carbocycles. The van der Waals surface area contributed by atoms with Crippen LogP contribution in [0.25, 0.3) is 0 Å². The molecule has 0 amide bonds. The first-order chi connectivity index (χ1) is 13.9. The fourth-order valence-electron chi connectivity index (χ4n) is 2.89. The highest BCUT2D eigenvalue weighted by molar-refractivity contribution is 7.98. The van der Waals surface area contributed by atoms with Gasteiger partial charge in [0.1, 0.15) is 0 Å². The highest BCUT2D eigenvalue weighted by Gasteiger charge is 2.23. The highest BCUT2D eigenvalue weighted by atomic mass is 32.2. The summed E-state index contributed by atoms with van der Waals surface area (Å²) in [5.74, 6) is 0.645. The predicted molar refractivity (Wildman–Crippen MR) is 109 cm³/mol. The molecular formula is C20H21FN4O3S. The number of nitro groups is 1. The van der Waals surface area contributed by atoms with Crippen molar-refractivity contribution in [1.29, 1.82) is 0 Å². The zero-order valence-corrected chi connectivity index (χ0v) is 17.1. The van der Waals surface area contributed by atoms with E-state index in [1.165, 1.54) is 23.9 Å². The van der Waals surface area contributed by atoms with Crippen LogP contribution in [0.15, 0.2) is 53.7 Å². The van der Waals surface area contributed by atoms with Crippen molar-refractivity contribution in [3.05, 3.63) is 75.9 Å². The number of para-hydroxylation sites is 2. The Labute approximate surface area is 172 Å². The molecule has 0 bridgehead atoms. The first-order valence-electron chi connectivity index (χ1n) is 9.09. The normalized spacial score (nSPS) is 12.2. The monoisotopic (exact) mass is 416 g/mol. The SMILES string of the molecule is CC(Oc1ccccc1F)c1nnc(SCc2ccccc2[N+](=O)[O-])n1C(C)C. The van der Waals surface area contributed by atoms with Crippen molar-refractivity contribution in [3.63, 3.8) is 0 Å². The molecule has 0 saturated heterocycles. The van der Waals surface area contributed by atoms with Gasteiger partial charge < -0.3 is 9.30 Å². The maximum atomic E-state index is 13.9. The lowest BCUT2D eigenvalue weighted by molar-refractivity contribution is -0.385. The van der Waals surface area contributed by atoms with Crippen LogP contribution < -0.4 is 4.74 Å². The molecule has 0 fully saturated rings. The fourth-order valence-corrected chi connectivity index (χ4v) is 3.96. The molecule has 1 atom stereocenters. The number of hydrogen-bond donors (Lipinski definition) is 0. The molecule has 152 valence electrons. The Hall–Kier alpha value is -2.94. The van der Waals surface area contributed by atoms with Gasteiger partial charge >= 0.3 is 0 Å². The van der Waals surface area contributed by atoms with Crippen LogP contribution in [0.5, 0.6) is 5.75 Å². The second-order valence-corrected chi connectivity index (χ2v) is 7.61. The largest absolute Gasteiger partial charge is 0.480 e. The molecule has 3 rings (SSSR count).